The summed E-state index contributed by atoms with van der Waals surface area (Å²) in [5.41, 5.74) is 5.47. The van der Waals surface area contributed by atoms with E-state index in [0.29, 0.717) is 5.56 Å². The molecule has 3 nitrogen and oxygen atoms in total. The van der Waals surface area contributed by atoms with Crippen molar-refractivity contribution in [3.8, 4) is 6.07 Å². The van der Waals surface area contributed by atoms with Crippen LogP contribution in [0.1, 0.15) is 11.1 Å². The van der Waals surface area contributed by atoms with Gasteiger partial charge in [-0.05, 0) is 29.8 Å². The zero-order chi connectivity index (χ0) is 11.9. The fourth-order valence-electron chi connectivity index (χ4n) is 1.34. The lowest BCUT2D eigenvalue weighted by atomic mass is 10.2. The molecule has 2 aromatic rings. The Hall–Kier alpha value is -2.60. The lowest BCUT2D eigenvalue weighted by Gasteiger charge is -1.98. The quantitative estimate of drug-likeness (QED) is 0.639. The van der Waals surface area contributed by atoms with E-state index in [1.54, 1.807) is 18.3 Å². The van der Waals surface area contributed by atoms with Gasteiger partial charge in [0.1, 0.15) is 0 Å². The highest BCUT2D eigenvalue weighted by Crippen LogP contribution is 2.05. The summed E-state index contributed by atoms with van der Waals surface area (Å²) in [5.74, 6) is 0. The van der Waals surface area contributed by atoms with Crippen LogP contribution in [0.4, 0.5) is 5.69 Å². The van der Waals surface area contributed by atoms with Gasteiger partial charge < -0.3 is 0 Å². The summed E-state index contributed by atoms with van der Waals surface area (Å²) in [5, 5.41) is 12.8. The van der Waals surface area contributed by atoms with Crippen LogP contribution in [0.25, 0.3) is 0 Å². The van der Waals surface area contributed by atoms with E-state index in [9.17, 15) is 0 Å². The smallest absolute Gasteiger partial charge is 0.0991 e. The van der Waals surface area contributed by atoms with Crippen molar-refractivity contribution >= 4 is 11.9 Å². The lowest BCUT2D eigenvalue weighted by Crippen LogP contribution is -1.90. The number of para-hydroxylation sites is 1. The first-order chi connectivity index (χ1) is 8.38. The van der Waals surface area contributed by atoms with Gasteiger partial charge in [0.25, 0.3) is 0 Å². The highest BCUT2D eigenvalue weighted by Gasteiger charge is 1.90. The third-order valence-corrected chi connectivity index (χ3v) is 2.22. The van der Waals surface area contributed by atoms with Gasteiger partial charge in [-0.3, -0.25) is 5.43 Å². The van der Waals surface area contributed by atoms with Crippen LogP contribution >= 0.6 is 0 Å². The molecular formula is C14H11N3. The van der Waals surface area contributed by atoms with Crippen molar-refractivity contribution in [2.24, 2.45) is 5.10 Å². The summed E-state index contributed by atoms with van der Waals surface area (Å²) in [6.07, 6.45) is 1.72. The topological polar surface area (TPSA) is 48.2 Å². The molecule has 82 valence electrons. The summed E-state index contributed by atoms with van der Waals surface area (Å²) < 4.78 is 0. The largest absolute Gasteiger partial charge is 0.279 e. The SMILES string of the molecule is N#Cc1ccc(/C=N\Nc2ccccc2)cc1. The number of benzene rings is 2. The Bertz CT molecular complexity index is 536. The minimum Gasteiger partial charge on any atom is -0.279 e. The van der Waals surface area contributed by atoms with Crippen molar-refractivity contribution in [3.63, 3.8) is 0 Å². The number of hydrazone groups is 1. The minimum atomic E-state index is 0.651. The molecule has 0 saturated heterocycles. The van der Waals surface area contributed by atoms with E-state index in [1.165, 1.54) is 0 Å². The molecular weight excluding hydrogens is 210 g/mol. The van der Waals surface area contributed by atoms with Crippen molar-refractivity contribution in [1.82, 2.24) is 0 Å². The van der Waals surface area contributed by atoms with Gasteiger partial charge in [-0.2, -0.15) is 10.4 Å². The predicted molar refractivity (Wildman–Crippen MR) is 68.8 cm³/mol. The van der Waals surface area contributed by atoms with E-state index in [4.69, 9.17) is 5.26 Å². The average molecular weight is 221 g/mol. The molecule has 0 aliphatic heterocycles. The molecule has 0 heterocycles. The number of hydrogen-bond acceptors (Lipinski definition) is 3. The second-order valence-electron chi connectivity index (χ2n) is 3.47. The summed E-state index contributed by atoms with van der Waals surface area (Å²) in [6.45, 7) is 0. The zero-order valence-corrected chi connectivity index (χ0v) is 9.17. The molecule has 2 rings (SSSR count). The van der Waals surface area contributed by atoms with Gasteiger partial charge in [-0.25, -0.2) is 0 Å². The van der Waals surface area contributed by atoms with E-state index in [-0.39, 0.29) is 0 Å². The van der Waals surface area contributed by atoms with Crippen molar-refractivity contribution in [2.45, 2.75) is 0 Å². The molecule has 3 heteroatoms. The van der Waals surface area contributed by atoms with E-state index in [2.05, 4.69) is 16.6 Å². The molecule has 0 amide bonds. The molecule has 0 spiro atoms. The molecule has 0 atom stereocenters. The summed E-state index contributed by atoms with van der Waals surface area (Å²) >= 11 is 0. The Morgan fingerprint density at radius 3 is 2.35 bits per heavy atom. The Labute approximate surface area is 100 Å². The van der Waals surface area contributed by atoms with Crippen LogP contribution in [0.15, 0.2) is 59.7 Å². The van der Waals surface area contributed by atoms with Gasteiger partial charge in [0.2, 0.25) is 0 Å². The maximum absolute atomic E-state index is 8.66. The molecule has 1 N–H and O–H groups in total. The van der Waals surface area contributed by atoms with E-state index in [1.807, 2.05) is 42.5 Å². The van der Waals surface area contributed by atoms with Crippen LogP contribution in [-0.4, -0.2) is 6.21 Å². The Morgan fingerprint density at radius 1 is 1.00 bits per heavy atom. The Kier molecular flexibility index (Phi) is 3.51. The van der Waals surface area contributed by atoms with E-state index in [0.717, 1.165) is 11.3 Å². The fraction of sp³-hybridized carbons (Fsp3) is 0. The molecule has 0 aliphatic rings. The third kappa shape index (κ3) is 3.18. The van der Waals surface area contributed by atoms with Gasteiger partial charge in [-0.15, -0.1) is 0 Å². The average Bonchev–Trinajstić information content (AvgIpc) is 2.41. The van der Waals surface area contributed by atoms with Crippen LogP contribution in [0.2, 0.25) is 0 Å². The Balaban J connectivity index is 1.99. The number of nitriles is 1. The highest BCUT2D eigenvalue weighted by molar-refractivity contribution is 5.80. The summed E-state index contributed by atoms with van der Waals surface area (Å²) in [4.78, 5) is 0. The molecule has 0 fully saturated rings. The van der Waals surface area contributed by atoms with Gasteiger partial charge >= 0.3 is 0 Å². The molecule has 0 bridgehead atoms. The molecule has 0 aromatic heterocycles. The summed E-state index contributed by atoms with van der Waals surface area (Å²) in [7, 11) is 0. The van der Waals surface area contributed by atoms with Crippen molar-refractivity contribution in [3.05, 3.63) is 65.7 Å². The maximum Gasteiger partial charge on any atom is 0.0991 e. The number of nitrogens with one attached hydrogen (secondary N) is 1. The highest BCUT2D eigenvalue weighted by atomic mass is 15.3. The van der Waals surface area contributed by atoms with Crippen LogP contribution in [0, 0.1) is 11.3 Å². The van der Waals surface area contributed by atoms with Crippen molar-refractivity contribution in [1.29, 1.82) is 5.26 Å². The number of nitrogens with zero attached hydrogens (tertiary/aromatic N) is 2. The van der Waals surface area contributed by atoms with Gasteiger partial charge in [0.05, 0.1) is 23.5 Å². The van der Waals surface area contributed by atoms with Crippen LogP contribution in [0.5, 0.6) is 0 Å². The van der Waals surface area contributed by atoms with E-state index >= 15 is 0 Å². The number of rotatable bonds is 3. The van der Waals surface area contributed by atoms with Crippen LogP contribution < -0.4 is 5.43 Å². The first-order valence-electron chi connectivity index (χ1n) is 5.23. The monoisotopic (exact) mass is 221 g/mol. The van der Waals surface area contributed by atoms with Gasteiger partial charge in [0, 0.05) is 0 Å². The molecule has 0 aliphatic carbocycles. The predicted octanol–water partition coefficient (Wildman–Crippen LogP) is 3.00. The molecule has 0 saturated carbocycles. The van der Waals surface area contributed by atoms with Gasteiger partial charge in [-0.1, -0.05) is 30.3 Å². The third-order valence-electron chi connectivity index (χ3n) is 2.22. The molecule has 0 radical (unpaired) electrons. The minimum absolute atomic E-state index is 0.651. The fourth-order valence-corrected chi connectivity index (χ4v) is 1.34. The van der Waals surface area contributed by atoms with Crippen molar-refractivity contribution < 1.29 is 0 Å². The maximum atomic E-state index is 8.66. The second-order valence-corrected chi connectivity index (χ2v) is 3.47. The summed E-state index contributed by atoms with van der Waals surface area (Å²) in [6, 6.07) is 19.0. The zero-order valence-electron chi connectivity index (χ0n) is 9.17. The standard InChI is InChI=1S/C14H11N3/c15-10-12-6-8-13(9-7-12)11-16-17-14-4-2-1-3-5-14/h1-9,11,17H/b16-11-. The van der Waals surface area contributed by atoms with Gasteiger partial charge in [0.15, 0.2) is 0 Å². The Morgan fingerprint density at radius 2 is 1.71 bits per heavy atom. The van der Waals surface area contributed by atoms with E-state index < -0.39 is 0 Å². The van der Waals surface area contributed by atoms with Crippen LogP contribution in [-0.2, 0) is 0 Å². The molecule has 17 heavy (non-hydrogen) atoms. The first-order valence-corrected chi connectivity index (χ1v) is 5.23. The molecule has 2 aromatic carbocycles. The van der Waals surface area contributed by atoms with Crippen molar-refractivity contribution in [2.75, 3.05) is 5.43 Å². The second kappa shape index (κ2) is 5.47. The first kappa shape index (κ1) is 10.9. The number of anilines is 1. The lowest BCUT2D eigenvalue weighted by molar-refractivity contribution is 1.35. The number of hydrogen-bond donors (Lipinski definition) is 1. The van der Waals surface area contributed by atoms with Crippen LogP contribution in [0.3, 0.4) is 0 Å². The molecule has 0 unspecified atom stereocenters. The normalized spacial score (nSPS) is 10.1.